The lowest BCUT2D eigenvalue weighted by Crippen LogP contribution is -2.26. The number of methoxy groups -OCH3 is 1. The first-order chi connectivity index (χ1) is 6.24. The van der Waals surface area contributed by atoms with Crippen LogP contribution in [-0.4, -0.2) is 37.6 Å². The molecule has 0 N–H and O–H groups in total. The summed E-state index contributed by atoms with van der Waals surface area (Å²) in [5, 5.41) is 0. The molecule has 1 atom stereocenters. The Morgan fingerprint density at radius 1 is 1.69 bits per heavy atom. The summed E-state index contributed by atoms with van der Waals surface area (Å²) in [6.07, 6.45) is 4.48. The highest BCUT2D eigenvalue weighted by atomic mass is 16.5. The smallest absolute Gasteiger partial charge is 0.246 e. The van der Waals surface area contributed by atoms with Crippen LogP contribution in [-0.2, 0) is 9.53 Å². The van der Waals surface area contributed by atoms with Gasteiger partial charge in [0.25, 0.3) is 0 Å². The van der Waals surface area contributed by atoms with Crippen molar-refractivity contribution >= 4 is 5.91 Å². The average molecular weight is 183 g/mol. The average Bonchev–Trinajstić information content (AvgIpc) is 2.52. The van der Waals surface area contributed by atoms with E-state index in [0.717, 1.165) is 19.5 Å². The number of ether oxygens (including phenoxy) is 1. The van der Waals surface area contributed by atoms with E-state index in [9.17, 15) is 4.79 Å². The van der Waals surface area contributed by atoms with Gasteiger partial charge in [0.2, 0.25) is 5.91 Å². The topological polar surface area (TPSA) is 29.5 Å². The van der Waals surface area contributed by atoms with Gasteiger partial charge >= 0.3 is 0 Å². The third-order valence-corrected chi connectivity index (χ3v) is 2.26. The Hall–Kier alpha value is -0.830. The van der Waals surface area contributed by atoms with Gasteiger partial charge in [0.15, 0.2) is 0 Å². The van der Waals surface area contributed by atoms with Crippen LogP contribution in [0.2, 0.25) is 0 Å². The third kappa shape index (κ3) is 3.19. The van der Waals surface area contributed by atoms with Crippen LogP contribution in [0.1, 0.15) is 13.3 Å². The first-order valence-electron chi connectivity index (χ1n) is 4.68. The molecule has 0 spiro atoms. The minimum atomic E-state index is 0.112. The molecule has 0 saturated carbocycles. The molecule has 0 aromatic carbocycles. The van der Waals surface area contributed by atoms with Gasteiger partial charge < -0.3 is 9.64 Å². The minimum absolute atomic E-state index is 0.112. The van der Waals surface area contributed by atoms with Crippen LogP contribution in [0.25, 0.3) is 0 Å². The van der Waals surface area contributed by atoms with E-state index in [4.69, 9.17) is 4.74 Å². The predicted octanol–water partition coefficient (Wildman–Crippen LogP) is 1.06. The van der Waals surface area contributed by atoms with Gasteiger partial charge in [-0.3, -0.25) is 4.79 Å². The van der Waals surface area contributed by atoms with Gasteiger partial charge in [-0.05, 0) is 12.3 Å². The van der Waals surface area contributed by atoms with Gasteiger partial charge in [0.05, 0.1) is 6.61 Å². The fourth-order valence-electron chi connectivity index (χ4n) is 1.49. The van der Waals surface area contributed by atoms with Crippen LogP contribution in [0.5, 0.6) is 0 Å². The fraction of sp³-hybridized carbons (Fsp3) is 0.700. The van der Waals surface area contributed by atoms with E-state index in [1.54, 1.807) is 19.3 Å². The van der Waals surface area contributed by atoms with E-state index in [1.165, 1.54) is 0 Å². The summed E-state index contributed by atoms with van der Waals surface area (Å²) >= 11 is 0. The molecule has 1 unspecified atom stereocenters. The highest BCUT2D eigenvalue weighted by molar-refractivity contribution is 5.87. The Morgan fingerprint density at radius 2 is 2.46 bits per heavy atom. The zero-order valence-corrected chi connectivity index (χ0v) is 8.32. The zero-order valence-electron chi connectivity index (χ0n) is 8.32. The number of amides is 1. The van der Waals surface area contributed by atoms with Crippen LogP contribution in [0, 0.1) is 5.92 Å². The monoisotopic (exact) mass is 183 g/mol. The summed E-state index contributed by atoms with van der Waals surface area (Å²) in [6.45, 7) is 4.48. The normalized spacial score (nSPS) is 22.9. The molecule has 3 heteroatoms. The van der Waals surface area contributed by atoms with Crippen molar-refractivity contribution in [2.24, 2.45) is 5.92 Å². The summed E-state index contributed by atoms with van der Waals surface area (Å²) in [6, 6.07) is 0. The summed E-state index contributed by atoms with van der Waals surface area (Å²) in [5.41, 5.74) is 0. The Kier molecular flexibility index (Phi) is 3.96. The predicted molar refractivity (Wildman–Crippen MR) is 51.4 cm³/mol. The molecule has 0 aromatic rings. The van der Waals surface area contributed by atoms with Crippen molar-refractivity contribution in [2.45, 2.75) is 13.3 Å². The molecule has 1 amide bonds. The molecular formula is C10H17NO2. The molecular weight excluding hydrogens is 166 g/mol. The van der Waals surface area contributed by atoms with Crippen LogP contribution >= 0.6 is 0 Å². The molecule has 74 valence electrons. The van der Waals surface area contributed by atoms with E-state index >= 15 is 0 Å². The van der Waals surface area contributed by atoms with Gasteiger partial charge in [0, 0.05) is 26.3 Å². The largest absolute Gasteiger partial charge is 0.381 e. The lowest BCUT2D eigenvalue weighted by molar-refractivity contribution is -0.125. The maximum absolute atomic E-state index is 11.4. The van der Waals surface area contributed by atoms with E-state index in [2.05, 4.69) is 6.92 Å². The molecule has 13 heavy (non-hydrogen) atoms. The van der Waals surface area contributed by atoms with Crippen LogP contribution in [0.15, 0.2) is 12.2 Å². The maximum atomic E-state index is 11.4. The molecule has 0 radical (unpaired) electrons. The molecule has 0 bridgehead atoms. The number of carbonyl (C=O) groups excluding carboxylic acids is 1. The van der Waals surface area contributed by atoms with Crippen molar-refractivity contribution in [3.05, 3.63) is 12.2 Å². The first-order valence-corrected chi connectivity index (χ1v) is 4.68. The summed E-state index contributed by atoms with van der Waals surface area (Å²) in [4.78, 5) is 13.3. The SMILES string of the molecule is COC/C=C/C(=O)N1CCC(C)C1. The van der Waals surface area contributed by atoms with Crippen molar-refractivity contribution in [3.8, 4) is 0 Å². The maximum Gasteiger partial charge on any atom is 0.246 e. The lowest BCUT2D eigenvalue weighted by Gasteiger charge is -2.12. The van der Waals surface area contributed by atoms with Crippen molar-refractivity contribution in [1.29, 1.82) is 0 Å². The number of hydrogen-bond acceptors (Lipinski definition) is 2. The molecule has 1 aliphatic heterocycles. The summed E-state index contributed by atoms with van der Waals surface area (Å²) in [7, 11) is 1.62. The number of rotatable bonds is 3. The van der Waals surface area contributed by atoms with E-state index < -0.39 is 0 Å². The van der Waals surface area contributed by atoms with Crippen molar-refractivity contribution in [3.63, 3.8) is 0 Å². The standard InChI is InChI=1S/C10H17NO2/c1-9-5-6-11(8-9)10(12)4-3-7-13-2/h3-4,9H,5-8H2,1-2H3/b4-3+. The Bertz CT molecular complexity index is 201. The van der Waals surface area contributed by atoms with Gasteiger partial charge in [-0.1, -0.05) is 13.0 Å². The third-order valence-electron chi connectivity index (χ3n) is 2.26. The Balaban J connectivity index is 2.31. The molecule has 1 rings (SSSR count). The summed E-state index contributed by atoms with van der Waals surface area (Å²) < 4.78 is 4.82. The van der Waals surface area contributed by atoms with Crippen LogP contribution in [0.3, 0.4) is 0 Å². The molecule has 1 saturated heterocycles. The van der Waals surface area contributed by atoms with Crippen molar-refractivity contribution in [1.82, 2.24) is 4.90 Å². The lowest BCUT2D eigenvalue weighted by atomic mass is 10.2. The molecule has 0 aromatic heterocycles. The number of carbonyl (C=O) groups is 1. The van der Waals surface area contributed by atoms with Crippen LogP contribution in [0.4, 0.5) is 0 Å². The zero-order chi connectivity index (χ0) is 9.68. The van der Waals surface area contributed by atoms with Gasteiger partial charge in [-0.15, -0.1) is 0 Å². The van der Waals surface area contributed by atoms with E-state index in [0.29, 0.717) is 12.5 Å². The van der Waals surface area contributed by atoms with Gasteiger partial charge in [-0.25, -0.2) is 0 Å². The Morgan fingerprint density at radius 3 is 3.00 bits per heavy atom. The highest BCUT2D eigenvalue weighted by Gasteiger charge is 2.20. The van der Waals surface area contributed by atoms with Gasteiger partial charge in [-0.2, -0.15) is 0 Å². The van der Waals surface area contributed by atoms with Crippen molar-refractivity contribution < 1.29 is 9.53 Å². The quantitative estimate of drug-likeness (QED) is 0.612. The molecule has 0 aliphatic carbocycles. The van der Waals surface area contributed by atoms with Crippen molar-refractivity contribution in [2.75, 3.05) is 26.8 Å². The number of likely N-dealkylation sites (tertiary alicyclic amines) is 1. The van der Waals surface area contributed by atoms with Gasteiger partial charge in [0.1, 0.15) is 0 Å². The molecule has 1 aliphatic rings. The van der Waals surface area contributed by atoms with E-state index in [-0.39, 0.29) is 5.91 Å². The highest BCUT2D eigenvalue weighted by Crippen LogP contribution is 2.14. The first kappa shape index (κ1) is 10.3. The second-order valence-corrected chi connectivity index (χ2v) is 3.54. The number of hydrogen-bond donors (Lipinski definition) is 0. The molecule has 1 heterocycles. The molecule has 1 fully saturated rings. The summed E-state index contributed by atoms with van der Waals surface area (Å²) in [5.74, 6) is 0.765. The number of nitrogens with zero attached hydrogens (tertiary/aromatic N) is 1. The second kappa shape index (κ2) is 5.02. The second-order valence-electron chi connectivity index (χ2n) is 3.54. The molecule has 3 nitrogen and oxygen atoms in total. The Labute approximate surface area is 79.4 Å². The van der Waals surface area contributed by atoms with Crippen LogP contribution < -0.4 is 0 Å². The van der Waals surface area contributed by atoms with E-state index in [1.807, 2.05) is 4.90 Å². The minimum Gasteiger partial charge on any atom is -0.381 e. The fourth-order valence-corrected chi connectivity index (χ4v) is 1.49.